The lowest BCUT2D eigenvalue weighted by Gasteiger charge is -1.98. The number of aldehydes is 1. The van der Waals surface area contributed by atoms with Crippen LogP contribution in [0.1, 0.15) is 17.3 Å². The lowest BCUT2D eigenvalue weighted by molar-refractivity contribution is -0.131. The molecule has 0 aliphatic rings. The molecule has 0 spiro atoms. The van der Waals surface area contributed by atoms with Crippen LogP contribution in [-0.4, -0.2) is 12.3 Å². The highest BCUT2D eigenvalue weighted by Gasteiger charge is 2.07. The van der Waals surface area contributed by atoms with Crippen molar-refractivity contribution in [3.05, 3.63) is 29.1 Å². The minimum atomic E-state index is -0.339. The van der Waals surface area contributed by atoms with Crippen molar-refractivity contribution in [1.29, 1.82) is 0 Å². The molecule has 4 heteroatoms. The molecule has 1 heterocycles. The number of benzene rings is 1. The second-order valence-electron chi connectivity index (χ2n) is 3.07. The lowest BCUT2D eigenvalue weighted by Crippen LogP contribution is -2.00. The number of carbonyl (C=O) groups excluding carboxylic acids is 2. The Balaban J connectivity index is 2.51. The van der Waals surface area contributed by atoms with Gasteiger partial charge in [0.25, 0.3) is 0 Å². The summed E-state index contributed by atoms with van der Waals surface area (Å²) in [7, 11) is 0. The van der Waals surface area contributed by atoms with Gasteiger partial charge in [0.1, 0.15) is 12.0 Å². The summed E-state index contributed by atoms with van der Waals surface area (Å²) >= 11 is 1.45. The molecule has 0 saturated carbocycles. The quantitative estimate of drug-likeness (QED) is 0.577. The third-order valence-electron chi connectivity index (χ3n) is 1.95. The van der Waals surface area contributed by atoms with Crippen LogP contribution in [0.4, 0.5) is 0 Å². The van der Waals surface area contributed by atoms with E-state index >= 15 is 0 Å². The van der Waals surface area contributed by atoms with Crippen molar-refractivity contribution >= 4 is 33.7 Å². The summed E-state index contributed by atoms with van der Waals surface area (Å²) in [6.07, 6.45) is 0.796. The van der Waals surface area contributed by atoms with E-state index in [2.05, 4.69) is 0 Å². The highest BCUT2D eigenvalue weighted by atomic mass is 32.1. The van der Waals surface area contributed by atoms with Gasteiger partial charge in [0, 0.05) is 28.0 Å². The van der Waals surface area contributed by atoms with Gasteiger partial charge >= 0.3 is 5.97 Å². The van der Waals surface area contributed by atoms with Gasteiger partial charge in [0.2, 0.25) is 0 Å². The Morgan fingerprint density at radius 1 is 1.47 bits per heavy atom. The predicted molar refractivity (Wildman–Crippen MR) is 58.5 cm³/mol. The molecule has 2 rings (SSSR count). The van der Waals surface area contributed by atoms with Crippen molar-refractivity contribution in [3.8, 4) is 5.75 Å². The Morgan fingerprint density at radius 3 is 2.93 bits per heavy atom. The molecular weight excluding hydrogens is 212 g/mol. The number of hydrogen-bond acceptors (Lipinski definition) is 4. The van der Waals surface area contributed by atoms with Crippen molar-refractivity contribution in [2.24, 2.45) is 0 Å². The topological polar surface area (TPSA) is 43.4 Å². The van der Waals surface area contributed by atoms with Gasteiger partial charge in [-0.3, -0.25) is 9.59 Å². The first-order chi connectivity index (χ1) is 7.20. The van der Waals surface area contributed by atoms with Crippen LogP contribution < -0.4 is 4.74 Å². The van der Waals surface area contributed by atoms with E-state index in [1.165, 1.54) is 18.3 Å². The van der Waals surface area contributed by atoms with Gasteiger partial charge in [-0.2, -0.15) is 0 Å². The fourth-order valence-corrected chi connectivity index (χ4v) is 2.24. The van der Waals surface area contributed by atoms with E-state index in [4.69, 9.17) is 4.74 Å². The Morgan fingerprint density at radius 2 is 2.27 bits per heavy atom. The van der Waals surface area contributed by atoms with Gasteiger partial charge < -0.3 is 4.74 Å². The van der Waals surface area contributed by atoms with Crippen molar-refractivity contribution < 1.29 is 14.3 Å². The summed E-state index contributed by atoms with van der Waals surface area (Å²) in [6, 6.07) is 5.27. The summed E-state index contributed by atoms with van der Waals surface area (Å²) in [5.41, 5.74) is 0.624. The Bertz CT molecular complexity index is 528. The van der Waals surface area contributed by atoms with Crippen molar-refractivity contribution in [1.82, 2.24) is 0 Å². The van der Waals surface area contributed by atoms with Gasteiger partial charge in [-0.25, -0.2) is 0 Å². The zero-order valence-electron chi connectivity index (χ0n) is 8.02. The van der Waals surface area contributed by atoms with E-state index in [1.807, 2.05) is 0 Å². The van der Waals surface area contributed by atoms with Gasteiger partial charge in [-0.1, -0.05) is 6.07 Å². The van der Waals surface area contributed by atoms with Crippen molar-refractivity contribution in [2.75, 3.05) is 0 Å². The Kier molecular flexibility index (Phi) is 2.51. The Labute approximate surface area is 90.3 Å². The van der Waals surface area contributed by atoms with E-state index in [-0.39, 0.29) is 5.97 Å². The molecule has 0 atom stereocenters. The molecule has 0 bridgehead atoms. The van der Waals surface area contributed by atoms with E-state index in [0.29, 0.717) is 11.3 Å². The van der Waals surface area contributed by atoms with E-state index in [9.17, 15) is 9.59 Å². The SMILES string of the molecule is CC(=O)Oc1csc2cc(C=O)ccc12. The maximum atomic E-state index is 10.8. The Hall–Kier alpha value is -1.68. The fourth-order valence-electron chi connectivity index (χ4n) is 1.33. The predicted octanol–water partition coefficient (Wildman–Crippen LogP) is 2.64. The third-order valence-corrected chi connectivity index (χ3v) is 2.88. The maximum Gasteiger partial charge on any atom is 0.308 e. The van der Waals surface area contributed by atoms with Crippen LogP contribution in [0.3, 0.4) is 0 Å². The van der Waals surface area contributed by atoms with Crippen molar-refractivity contribution in [3.63, 3.8) is 0 Å². The van der Waals surface area contributed by atoms with Gasteiger partial charge in [-0.05, 0) is 12.1 Å². The lowest BCUT2D eigenvalue weighted by atomic mass is 10.2. The van der Waals surface area contributed by atoms with E-state index in [0.717, 1.165) is 16.4 Å². The summed E-state index contributed by atoms with van der Waals surface area (Å²) in [5.74, 6) is 0.217. The fraction of sp³-hybridized carbons (Fsp3) is 0.0909. The maximum absolute atomic E-state index is 10.8. The number of ether oxygens (including phenoxy) is 1. The minimum Gasteiger partial charge on any atom is -0.425 e. The molecule has 0 unspecified atom stereocenters. The molecule has 0 aliphatic heterocycles. The van der Waals surface area contributed by atoms with Crippen molar-refractivity contribution in [2.45, 2.75) is 6.92 Å². The minimum absolute atomic E-state index is 0.339. The summed E-state index contributed by atoms with van der Waals surface area (Å²) in [6.45, 7) is 1.36. The van der Waals surface area contributed by atoms with Crippen LogP contribution in [0, 0.1) is 0 Å². The molecule has 1 aromatic carbocycles. The zero-order valence-corrected chi connectivity index (χ0v) is 8.84. The normalized spacial score (nSPS) is 10.2. The summed E-state index contributed by atoms with van der Waals surface area (Å²) in [4.78, 5) is 21.4. The van der Waals surface area contributed by atoms with Gasteiger partial charge in [0.15, 0.2) is 0 Å². The number of fused-ring (bicyclic) bond motifs is 1. The first-order valence-corrected chi connectivity index (χ1v) is 5.23. The third kappa shape index (κ3) is 1.89. The second-order valence-corrected chi connectivity index (χ2v) is 3.98. The van der Waals surface area contributed by atoms with Crippen LogP contribution in [0.15, 0.2) is 23.6 Å². The number of rotatable bonds is 2. The molecule has 2 aromatic rings. The molecule has 0 N–H and O–H groups in total. The van der Waals surface area contributed by atoms with E-state index in [1.54, 1.807) is 23.6 Å². The zero-order chi connectivity index (χ0) is 10.8. The monoisotopic (exact) mass is 220 g/mol. The summed E-state index contributed by atoms with van der Waals surface area (Å²) < 4.78 is 5.96. The van der Waals surface area contributed by atoms with Crippen LogP contribution in [-0.2, 0) is 4.79 Å². The molecule has 0 aliphatic carbocycles. The smallest absolute Gasteiger partial charge is 0.308 e. The first-order valence-electron chi connectivity index (χ1n) is 4.35. The number of carbonyl (C=O) groups is 2. The molecule has 0 radical (unpaired) electrons. The average Bonchev–Trinajstić information content (AvgIpc) is 2.60. The first kappa shape index (κ1) is 9.86. The molecule has 0 fully saturated rings. The number of thiophene rings is 1. The molecule has 15 heavy (non-hydrogen) atoms. The van der Waals surface area contributed by atoms with Crippen LogP contribution in [0.5, 0.6) is 5.75 Å². The largest absolute Gasteiger partial charge is 0.425 e. The molecule has 76 valence electrons. The van der Waals surface area contributed by atoms with Crippen LogP contribution >= 0.6 is 11.3 Å². The average molecular weight is 220 g/mol. The highest BCUT2D eigenvalue weighted by molar-refractivity contribution is 7.17. The molecule has 0 saturated heterocycles. The molecular formula is C11H8O3S. The summed E-state index contributed by atoms with van der Waals surface area (Å²) in [5, 5.41) is 2.63. The standard InChI is InChI=1S/C11H8O3S/c1-7(13)14-10-6-15-11-4-8(5-12)2-3-9(10)11/h2-6H,1H3. The number of hydrogen-bond donors (Lipinski definition) is 0. The molecule has 1 aromatic heterocycles. The van der Waals surface area contributed by atoms with Gasteiger partial charge in [0.05, 0.1) is 0 Å². The second kappa shape index (κ2) is 3.82. The molecule has 3 nitrogen and oxygen atoms in total. The van der Waals surface area contributed by atoms with Crippen LogP contribution in [0.2, 0.25) is 0 Å². The molecule has 0 amide bonds. The van der Waals surface area contributed by atoms with Gasteiger partial charge in [-0.15, -0.1) is 11.3 Å². The van der Waals surface area contributed by atoms with Crippen LogP contribution in [0.25, 0.3) is 10.1 Å². The number of esters is 1. The highest BCUT2D eigenvalue weighted by Crippen LogP contribution is 2.32. The van der Waals surface area contributed by atoms with E-state index < -0.39 is 0 Å².